The smallest absolute Gasteiger partial charge is 0.214 e. The highest BCUT2D eigenvalue weighted by atomic mass is 16.5. The van der Waals surface area contributed by atoms with Gasteiger partial charge in [0, 0.05) is 12.3 Å². The third kappa shape index (κ3) is 0.878. The molecule has 1 aromatic heterocycles. The lowest BCUT2D eigenvalue weighted by atomic mass is 10.1. The van der Waals surface area contributed by atoms with Gasteiger partial charge in [-0.2, -0.15) is 4.73 Å². The van der Waals surface area contributed by atoms with Crippen molar-refractivity contribution in [2.75, 3.05) is 0 Å². The normalized spacial score (nSPS) is 21.7. The third-order valence-corrected chi connectivity index (χ3v) is 2.26. The van der Waals surface area contributed by atoms with E-state index in [9.17, 15) is 5.21 Å². The lowest BCUT2D eigenvalue weighted by Gasteiger charge is -2.01. The molecule has 0 aromatic carbocycles. The van der Waals surface area contributed by atoms with Crippen LogP contribution in [-0.2, 0) is 6.42 Å². The first-order valence-electron chi connectivity index (χ1n) is 3.86. The van der Waals surface area contributed by atoms with E-state index in [-0.39, 0.29) is 0 Å². The molecule has 2 rings (SSSR count). The Kier molecular flexibility index (Phi) is 1.31. The molecule has 0 spiro atoms. The molecule has 1 heterocycles. The van der Waals surface area contributed by atoms with Gasteiger partial charge in [0.05, 0.1) is 6.20 Å². The van der Waals surface area contributed by atoms with E-state index < -0.39 is 0 Å². The zero-order valence-corrected chi connectivity index (χ0v) is 6.45. The summed E-state index contributed by atoms with van der Waals surface area (Å²) in [6, 6.07) is 0. The van der Waals surface area contributed by atoms with Crippen LogP contribution in [0.2, 0.25) is 0 Å². The topological polar surface area (TPSA) is 39.8 Å². The van der Waals surface area contributed by atoms with Crippen molar-refractivity contribution in [3.63, 3.8) is 0 Å². The number of aromatic nitrogens is 2. The van der Waals surface area contributed by atoms with Crippen molar-refractivity contribution in [2.24, 2.45) is 0 Å². The number of rotatable bonds is 0. The van der Waals surface area contributed by atoms with Crippen LogP contribution in [0.3, 0.4) is 0 Å². The minimum atomic E-state index is 0.464. The van der Waals surface area contributed by atoms with Crippen molar-refractivity contribution in [2.45, 2.75) is 25.7 Å². The molecule has 1 aliphatic rings. The van der Waals surface area contributed by atoms with Crippen LogP contribution in [0.15, 0.2) is 12.4 Å². The SMILES string of the molecule is CC1CCc2c1ncc[n+]2[O-]. The maximum atomic E-state index is 11.1. The van der Waals surface area contributed by atoms with Gasteiger partial charge >= 0.3 is 0 Å². The van der Waals surface area contributed by atoms with Crippen molar-refractivity contribution in [3.05, 3.63) is 29.0 Å². The van der Waals surface area contributed by atoms with Crippen molar-refractivity contribution < 1.29 is 4.73 Å². The Morgan fingerprint density at radius 2 is 2.55 bits per heavy atom. The van der Waals surface area contributed by atoms with Crippen LogP contribution >= 0.6 is 0 Å². The lowest BCUT2D eigenvalue weighted by Crippen LogP contribution is -2.31. The van der Waals surface area contributed by atoms with Gasteiger partial charge in [0.15, 0.2) is 6.20 Å². The molecule has 1 atom stereocenters. The fraction of sp³-hybridized carbons (Fsp3) is 0.500. The molecule has 0 N–H and O–H groups in total. The average molecular weight is 150 g/mol. The van der Waals surface area contributed by atoms with E-state index >= 15 is 0 Å². The van der Waals surface area contributed by atoms with Crippen LogP contribution in [0.4, 0.5) is 0 Å². The first kappa shape index (κ1) is 6.58. The minimum Gasteiger partial charge on any atom is -0.618 e. The fourth-order valence-electron chi connectivity index (χ4n) is 1.59. The summed E-state index contributed by atoms with van der Waals surface area (Å²) in [6.45, 7) is 2.11. The molecule has 0 radical (unpaired) electrons. The maximum Gasteiger partial charge on any atom is 0.214 e. The van der Waals surface area contributed by atoms with Gasteiger partial charge in [-0.15, -0.1) is 0 Å². The summed E-state index contributed by atoms with van der Waals surface area (Å²) in [7, 11) is 0. The fourth-order valence-corrected chi connectivity index (χ4v) is 1.59. The molecule has 58 valence electrons. The highest BCUT2D eigenvalue weighted by Gasteiger charge is 2.26. The van der Waals surface area contributed by atoms with E-state index in [0.29, 0.717) is 5.92 Å². The van der Waals surface area contributed by atoms with Crippen molar-refractivity contribution >= 4 is 0 Å². The monoisotopic (exact) mass is 150 g/mol. The molecule has 0 saturated carbocycles. The second kappa shape index (κ2) is 2.19. The zero-order chi connectivity index (χ0) is 7.84. The Morgan fingerprint density at radius 3 is 3.27 bits per heavy atom. The molecule has 1 aromatic rings. The Bertz CT molecular complexity index is 285. The minimum absolute atomic E-state index is 0.464. The largest absolute Gasteiger partial charge is 0.618 e. The quantitative estimate of drug-likeness (QED) is 0.404. The summed E-state index contributed by atoms with van der Waals surface area (Å²) in [5.41, 5.74) is 1.85. The maximum absolute atomic E-state index is 11.1. The number of hydrogen-bond acceptors (Lipinski definition) is 2. The highest BCUT2D eigenvalue weighted by molar-refractivity contribution is 5.17. The number of fused-ring (bicyclic) bond motifs is 1. The summed E-state index contributed by atoms with van der Waals surface area (Å²) in [5, 5.41) is 11.1. The van der Waals surface area contributed by atoms with E-state index in [4.69, 9.17) is 0 Å². The molecule has 0 amide bonds. The van der Waals surface area contributed by atoms with Gasteiger partial charge in [0.25, 0.3) is 0 Å². The molecule has 0 saturated heterocycles. The molecule has 1 aliphatic carbocycles. The van der Waals surface area contributed by atoms with Crippen LogP contribution in [0.1, 0.15) is 30.7 Å². The molecule has 3 heteroatoms. The van der Waals surface area contributed by atoms with Crippen LogP contribution < -0.4 is 4.73 Å². The van der Waals surface area contributed by atoms with Crippen molar-refractivity contribution in [1.82, 2.24) is 4.98 Å². The average Bonchev–Trinajstić information content (AvgIpc) is 2.35. The molecular formula is C8H10N2O. The van der Waals surface area contributed by atoms with Crippen molar-refractivity contribution in [3.8, 4) is 0 Å². The van der Waals surface area contributed by atoms with Gasteiger partial charge in [-0.1, -0.05) is 6.92 Å². The van der Waals surface area contributed by atoms with Crippen LogP contribution in [0.5, 0.6) is 0 Å². The summed E-state index contributed by atoms with van der Waals surface area (Å²) in [5.74, 6) is 0.464. The van der Waals surface area contributed by atoms with E-state index in [1.54, 1.807) is 6.20 Å². The van der Waals surface area contributed by atoms with Gasteiger partial charge < -0.3 is 5.21 Å². The molecule has 3 nitrogen and oxygen atoms in total. The summed E-state index contributed by atoms with van der Waals surface area (Å²) < 4.78 is 0.936. The number of hydrogen-bond donors (Lipinski definition) is 0. The van der Waals surface area contributed by atoms with Gasteiger partial charge in [0.2, 0.25) is 5.69 Å². The van der Waals surface area contributed by atoms with E-state index in [1.165, 1.54) is 6.20 Å². The Morgan fingerprint density at radius 1 is 1.73 bits per heavy atom. The molecule has 0 aliphatic heterocycles. The third-order valence-electron chi connectivity index (χ3n) is 2.26. The van der Waals surface area contributed by atoms with Gasteiger partial charge in [-0.25, -0.2) is 4.98 Å². The summed E-state index contributed by atoms with van der Waals surface area (Å²) in [6.07, 6.45) is 4.99. The second-order valence-electron chi connectivity index (χ2n) is 3.02. The molecular weight excluding hydrogens is 140 g/mol. The summed E-state index contributed by atoms with van der Waals surface area (Å²) in [4.78, 5) is 4.18. The van der Waals surface area contributed by atoms with Crippen molar-refractivity contribution in [1.29, 1.82) is 0 Å². The molecule has 0 bridgehead atoms. The molecule has 0 fully saturated rings. The zero-order valence-electron chi connectivity index (χ0n) is 6.45. The highest BCUT2D eigenvalue weighted by Crippen LogP contribution is 2.27. The van der Waals surface area contributed by atoms with Crippen LogP contribution in [-0.4, -0.2) is 4.98 Å². The predicted octanol–water partition coefficient (Wildman–Crippen LogP) is 0.765. The van der Waals surface area contributed by atoms with E-state index in [2.05, 4.69) is 11.9 Å². The van der Waals surface area contributed by atoms with Crippen LogP contribution in [0.25, 0.3) is 0 Å². The predicted molar refractivity (Wildman–Crippen MR) is 39.9 cm³/mol. The molecule has 11 heavy (non-hydrogen) atoms. The Labute approximate surface area is 65.3 Å². The first-order chi connectivity index (χ1) is 5.29. The van der Waals surface area contributed by atoms with Gasteiger partial charge in [-0.3, -0.25) is 0 Å². The van der Waals surface area contributed by atoms with E-state index in [0.717, 1.165) is 29.0 Å². The Hall–Kier alpha value is -1.12. The van der Waals surface area contributed by atoms with Crippen LogP contribution in [0, 0.1) is 5.21 Å². The van der Waals surface area contributed by atoms with Gasteiger partial charge in [0.1, 0.15) is 5.69 Å². The standard InChI is InChI=1S/C8H10N2O/c1-6-2-3-7-8(6)9-4-5-10(7)11/h4-6H,2-3H2,1H3. The Balaban J connectivity index is 2.57. The second-order valence-corrected chi connectivity index (χ2v) is 3.02. The van der Waals surface area contributed by atoms with Gasteiger partial charge in [-0.05, 0) is 6.42 Å². The summed E-state index contributed by atoms with van der Waals surface area (Å²) >= 11 is 0. The number of nitrogens with zero attached hydrogens (tertiary/aromatic N) is 2. The lowest BCUT2D eigenvalue weighted by molar-refractivity contribution is -0.614. The molecule has 1 unspecified atom stereocenters. The van der Waals surface area contributed by atoms with E-state index in [1.807, 2.05) is 0 Å². The first-order valence-corrected chi connectivity index (χ1v) is 3.86.